The van der Waals surface area contributed by atoms with Crippen LogP contribution in [0.25, 0.3) is 0 Å². The molecule has 0 bridgehead atoms. The third kappa shape index (κ3) is 4.46. The largest absolute Gasteiger partial charge is 0.463 e. The number of halogens is 3. The van der Waals surface area contributed by atoms with E-state index in [1.807, 2.05) is 0 Å². The van der Waals surface area contributed by atoms with Gasteiger partial charge in [0.1, 0.15) is 0 Å². The highest BCUT2D eigenvalue weighted by atomic mass is 19.3. The summed E-state index contributed by atoms with van der Waals surface area (Å²) in [5.74, 6) is -3.63. The van der Waals surface area contributed by atoms with Crippen LogP contribution in [-0.4, -0.2) is 36.4 Å². The summed E-state index contributed by atoms with van der Waals surface area (Å²) >= 11 is 0. The fourth-order valence-corrected chi connectivity index (χ4v) is 0.442. The number of ether oxygens (including phenoxy) is 1. The second-order valence-electron chi connectivity index (χ2n) is 1.82. The summed E-state index contributed by atoms with van der Waals surface area (Å²) in [6, 6.07) is 0. The van der Waals surface area contributed by atoms with Gasteiger partial charge in [-0.1, -0.05) is 0 Å². The first-order chi connectivity index (χ1) is 5.50. The third-order valence-corrected chi connectivity index (χ3v) is 0.958. The molecule has 0 aromatic rings. The standard InChI is InChI=1S/C6H7F3O3.H2O/c1-2-12-6(11)3(7)4(10)5(8)9;/h3,5H,2H2,1H3;1H2. The van der Waals surface area contributed by atoms with Crippen molar-refractivity contribution in [1.29, 1.82) is 0 Å². The fourth-order valence-electron chi connectivity index (χ4n) is 0.442. The van der Waals surface area contributed by atoms with E-state index >= 15 is 0 Å². The normalized spacial score (nSPS) is 11.8. The summed E-state index contributed by atoms with van der Waals surface area (Å²) in [6.45, 7) is 1.22. The molecule has 1 atom stereocenters. The Morgan fingerprint density at radius 2 is 1.77 bits per heavy atom. The zero-order chi connectivity index (χ0) is 9.72. The van der Waals surface area contributed by atoms with Crippen LogP contribution in [0.4, 0.5) is 13.2 Å². The predicted octanol–water partition coefficient (Wildman–Crippen LogP) is -0.103. The number of hydrogen-bond acceptors (Lipinski definition) is 3. The van der Waals surface area contributed by atoms with Gasteiger partial charge < -0.3 is 10.2 Å². The molecule has 0 aromatic carbocycles. The molecule has 0 amide bonds. The Balaban J connectivity index is 0. The maximum Gasteiger partial charge on any atom is 0.348 e. The average Bonchev–Trinajstić information content (AvgIpc) is 2.02. The number of esters is 1. The van der Waals surface area contributed by atoms with Crippen LogP contribution in [0.2, 0.25) is 0 Å². The molecular weight excluding hydrogens is 193 g/mol. The van der Waals surface area contributed by atoms with E-state index in [-0.39, 0.29) is 12.1 Å². The van der Waals surface area contributed by atoms with Crippen molar-refractivity contribution in [2.75, 3.05) is 6.61 Å². The molecular formula is C6H9F3O4. The van der Waals surface area contributed by atoms with E-state index in [1.54, 1.807) is 0 Å². The van der Waals surface area contributed by atoms with E-state index < -0.39 is 24.3 Å². The molecule has 13 heavy (non-hydrogen) atoms. The second kappa shape index (κ2) is 6.41. The van der Waals surface area contributed by atoms with Gasteiger partial charge in [-0.05, 0) is 6.92 Å². The van der Waals surface area contributed by atoms with Gasteiger partial charge in [-0.2, -0.15) is 0 Å². The van der Waals surface area contributed by atoms with E-state index in [0.717, 1.165) is 0 Å². The minimum atomic E-state index is -3.48. The molecule has 2 N–H and O–H groups in total. The van der Waals surface area contributed by atoms with Crippen LogP contribution in [-0.2, 0) is 14.3 Å². The highest BCUT2D eigenvalue weighted by molar-refractivity contribution is 6.03. The zero-order valence-electron chi connectivity index (χ0n) is 6.72. The highest BCUT2D eigenvalue weighted by Crippen LogP contribution is 2.04. The molecule has 0 heterocycles. The van der Waals surface area contributed by atoms with Crippen LogP contribution < -0.4 is 0 Å². The van der Waals surface area contributed by atoms with Crippen molar-refractivity contribution < 1.29 is 33.0 Å². The lowest BCUT2D eigenvalue weighted by Crippen LogP contribution is -2.32. The quantitative estimate of drug-likeness (QED) is 0.471. The molecule has 0 aromatic heterocycles. The van der Waals surface area contributed by atoms with Gasteiger partial charge in [-0.25, -0.2) is 18.0 Å². The molecule has 0 aliphatic rings. The lowest BCUT2D eigenvalue weighted by atomic mass is 10.2. The van der Waals surface area contributed by atoms with E-state index in [0.29, 0.717) is 0 Å². The van der Waals surface area contributed by atoms with Gasteiger partial charge >= 0.3 is 5.97 Å². The first kappa shape index (κ1) is 14.4. The minimum Gasteiger partial charge on any atom is -0.463 e. The van der Waals surface area contributed by atoms with Crippen molar-refractivity contribution in [2.45, 2.75) is 19.5 Å². The number of Topliss-reactive ketones (excluding diaryl/α,β-unsaturated/α-hetero) is 1. The summed E-state index contributed by atoms with van der Waals surface area (Å²) in [4.78, 5) is 20.5. The van der Waals surface area contributed by atoms with Crippen LogP contribution in [0.3, 0.4) is 0 Å². The first-order valence-electron chi connectivity index (χ1n) is 3.13. The van der Waals surface area contributed by atoms with Gasteiger partial charge in [0.2, 0.25) is 5.78 Å². The molecule has 7 heteroatoms. The van der Waals surface area contributed by atoms with Gasteiger partial charge in [0.15, 0.2) is 0 Å². The monoisotopic (exact) mass is 202 g/mol. The van der Waals surface area contributed by atoms with Crippen LogP contribution >= 0.6 is 0 Å². The van der Waals surface area contributed by atoms with Crippen molar-refractivity contribution in [3.8, 4) is 0 Å². The molecule has 0 aliphatic heterocycles. The average molecular weight is 202 g/mol. The topological polar surface area (TPSA) is 74.9 Å². The minimum absolute atomic E-state index is 0. The molecule has 1 unspecified atom stereocenters. The van der Waals surface area contributed by atoms with Gasteiger partial charge in [0.05, 0.1) is 6.61 Å². The Labute approximate surface area is 72.0 Å². The summed E-state index contributed by atoms with van der Waals surface area (Å²) < 4.78 is 39.3. The van der Waals surface area contributed by atoms with E-state index in [9.17, 15) is 22.8 Å². The number of carbonyl (C=O) groups is 2. The Morgan fingerprint density at radius 3 is 2.08 bits per heavy atom. The molecule has 4 nitrogen and oxygen atoms in total. The van der Waals surface area contributed by atoms with E-state index in [2.05, 4.69) is 4.74 Å². The number of carbonyl (C=O) groups excluding carboxylic acids is 2. The summed E-state index contributed by atoms with van der Waals surface area (Å²) in [6.07, 6.45) is -6.35. The van der Waals surface area contributed by atoms with Gasteiger partial charge in [-0.15, -0.1) is 0 Å². The summed E-state index contributed by atoms with van der Waals surface area (Å²) in [5.41, 5.74) is 0. The van der Waals surface area contributed by atoms with E-state index in [1.165, 1.54) is 6.92 Å². The molecule has 0 rings (SSSR count). The van der Waals surface area contributed by atoms with Crippen LogP contribution in [0.5, 0.6) is 0 Å². The Kier molecular flexibility index (Phi) is 7.11. The SMILES string of the molecule is CCOC(=O)C(F)C(=O)C(F)F.O. The third-order valence-electron chi connectivity index (χ3n) is 0.958. The molecule has 0 spiro atoms. The number of rotatable bonds is 4. The fraction of sp³-hybridized carbons (Fsp3) is 0.667. The Morgan fingerprint density at radius 1 is 1.31 bits per heavy atom. The molecule has 0 aliphatic carbocycles. The Hall–Kier alpha value is -1.11. The zero-order valence-corrected chi connectivity index (χ0v) is 6.72. The number of alkyl halides is 3. The van der Waals surface area contributed by atoms with Crippen molar-refractivity contribution in [3.05, 3.63) is 0 Å². The second-order valence-corrected chi connectivity index (χ2v) is 1.82. The lowest BCUT2D eigenvalue weighted by Gasteiger charge is -2.04. The maximum absolute atomic E-state index is 12.3. The van der Waals surface area contributed by atoms with Crippen LogP contribution in [0, 0.1) is 0 Å². The lowest BCUT2D eigenvalue weighted by molar-refractivity contribution is -0.156. The molecule has 0 saturated heterocycles. The summed E-state index contributed by atoms with van der Waals surface area (Å²) in [5, 5.41) is 0. The van der Waals surface area contributed by atoms with Crippen molar-refractivity contribution in [3.63, 3.8) is 0 Å². The molecule has 0 fully saturated rings. The van der Waals surface area contributed by atoms with Gasteiger partial charge in [0.25, 0.3) is 12.6 Å². The van der Waals surface area contributed by atoms with E-state index in [4.69, 9.17) is 0 Å². The van der Waals surface area contributed by atoms with Crippen molar-refractivity contribution >= 4 is 11.8 Å². The maximum atomic E-state index is 12.3. The number of hydrogen-bond donors (Lipinski definition) is 0. The van der Waals surface area contributed by atoms with Crippen LogP contribution in [0.1, 0.15) is 6.92 Å². The number of ketones is 1. The smallest absolute Gasteiger partial charge is 0.348 e. The van der Waals surface area contributed by atoms with Gasteiger partial charge in [0, 0.05) is 0 Å². The molecule has 78 valence electrons. The van der Waals surface area contributed by atoms with Crippen LogP contribution in [0.15, 0.2) is 0 Å². The summed E-state index contributed by atoms with van der Waals surface area (Å²) in [7, 11) is 0. The first-order valence-corrected chi connectivity index (χ1v) is 3.13. The highest BCUT2D eigenvalue weighted by Gasteiger charge is 2.33. The van der Waals surface area contributed by atoms with Gasteiger partial charge in [-0.3, -0.25) is 4.79 Å². The predicted molar refractivity (Wildman–Crippen MR) is 36.2 cm³/mol. The molecule has 0 radical (unpaired) electrons. The van der Waals surface area contributed by atoms with Crippen molar-refractivity contribution in [2.24, 2.45) is 0 Å². The Bertz CT molecular complexity index is 183. The van der Waals surface area contributed by atoms with Crippen molar-refractivity contribution in [1.82, 2.24) is 0 Å². The molecule has 0 saturated carbocycles.